The number of hydrogen-bond donors (Lipinski definition) is 1. The van der Waals surface area contributed by atoms with Gasteiger partial charge < -0.3 is 14.6 Å². The van der Waals surface area contributed by atoms with E-state index in [0.29, 0.717) is 13.0 Å². The maximum absolute atomic E-state index is 12.7. The number of para-hydroxylation sites is 1. The van der Waals surface area contributed by atoms with Crippen LogP contribution in [0, 0.1) is 0 Å². The molecule has 152 valence electrons. The number of ether oxygens (including phenoxy) is 1. The van der Waals surface area contributed by atoms with Crippen molar-refractivity contribution in [2.45, 2.75) is 25.9 Å². The number of aryl methyl sites for hydroxylation is 1. The van der Waals surface area contributed by atoms with Gasteiger partial charge in [0.15, 0.2) is 0 Å². The number of nitrogens with zero attached hydrogens (tertiary/aromatic N) is 3. The van der Waals surface area contributed by atoms with Gasteiger partial charge in [0.05, 0.1) is 24.5 Å². The van der Waals surface area contributed by atoms with Crippen molar-refractivity contribution in [2.24, 2.45) is 0 Å². The van der Waals surface area contributed by atoms with E-state index in [1.54, 1.807) is 19.5 Å². The van der Waals surface area contributed by atoms with Crippen molar-refractivity contribution in [2.75, 3.05) is 7.11 Å². The number of benzene rings is 1. The molecule has 4 aromatic rings. The molecule has 1 N–H and O–H groups in total. The van der Waals surface area contributed by atoms with Gasteiger partial charge in [-0.05, 0) is 43.3 Å². The lowest BCUT2D eigenvalue weighted by atomic mass is 10.1. The van der Waals surface area contributed by atoms with Crippen LogP contribution in [0.3, 0.4) is 0 Å². The normalized spacial score (nSPS) is 11.9. The molecule has 0 radical (unpaired) electrons. The van der Waals surface area contributed by atoms with Gasteiger partial charge in [-0.15, -0.1) is 0 Å². The van der Waals surface area contributed by atoms with Gasteiger partial charge >= 0.3 is 0 Å². The molecular formula is C24H24N4O2. The minimum Gasteiger partial charge on any atom is -0.496 e. The monoisotopic (exact) mass is 400 g/mol. The van der Waals surface area contributed by atoms with E-state index < -0.39 is 0 Å². The molecule has 6 nitrogen and oxygen atoms in total. The van der Waals surface area contributed by atoms with Gasteiger partial charge in [0.2, 0.25) is 5.91 Å². The third-order valence-corrected chi connectivity index (χ3v) is 5.13. The molecule has 0 saturated heterocycles. The van der Waals surface area contributed by atoms with E-state index in [2.05, 4.69) is 25.9 Å². The number of amides is 1. The largest absolute Gasteiger partial charge is 0.496 e. The summed E-state index contributed by atoms with van der Waals surface area (Å²) in [4.78, 5) is 21.7. The summed E-state index contributed by atoms with van der Waals surface area (Å²) in [5.41, 5.74) is 3.62. The van der Waals surface area contributed by atoms with E-state index >= 15 is 0 Å². The highest BCUT2D eigenvalue weighted by Crippen LogP contribution is 2.27. The summed E-state index contributed by atoms with van der Waals surface area (Å²) in [6.45, 7) is 2.47. The minimum atomic E-state index is -0.150. The predicted octanol–water partition coefficient (Wildman–Crippen LogP) is 4.37. The molecule has 0 unspecified atom stereocenters. The first-order valence-electron chi connectivity index (χ1n) is 9.95. The van der Waals surface area contributed by atoms with Crippen LogP contribution in [0.25, 0.3) is 22.4 Å². The molecule has 1 amide bonds. The number of methoxy groups -OCH3 is 1. The minimum absolute atomic E-state index is 0.0295. The Labute approximate surface area is 175 Å². The number of hydrogen-bond acceptors (Lipinski definition) is 4. The van der Waals surface area contributed by atoms with E-state index in [1.807, 2.05) is 61.5 Å². The van der Waals surface area contributed by atoms with E-state index in [9.17, 15) is 4.79 Å². The molecule has 0 aliphatic heterocycles. The maximum Gasteiger partial charge on any atom is 0.222 e. The second-order valence-corrected chi connectivity index (χ2v) is 7.09. The first-order valence-corrected chi connectivity index (χ1v) is 9.95. The van der Waals surface area contributed by atoms with Crippen molar-refractivity contribution in [3.05, 3.63) is 78.6 Å². The van der Waals surface area contributed by atoms with Crippen molar-refractivity contribution in [1.82, 2.24) is 19.9 Å². The molecule has 4 rings (SSSR count). The highest BCUT2D eigenvalue weighted by Gasteiger charge is 2.16. The molecule has 3 heterocycles. The van der Waals surface area contributed by atoms with Crippen molar-refractivity contribution in [3.8, 4) is 17.1 Å². The van der Waals surface area contributed by atoms with Gasteiger partial charge in [0, 0.05) is 36.3 Å². The Hall–Kier alpha value is -3.67. The number of carbonyl (C=O) groups excluding carboxylic acids is 1. The van der Waals surface area contributed by atoms with Crippen molar-refractivity contribution in [3.63, 3.8) is 0 Å². The van der Waals surface area contributed by atoms with E-state index in [1.165, 1.54) is 0 Å². The average Bonchev–Trinajstić information content (AvgIpc) is 3.17. The number of fused-ring (bicyclic) bond motifs is 1. The molecule has 1 aromatic carbocycles. The maximum atomic E-state index is 12.7. The summed E-state index contributed by atoms with van der Waals surface area (Å²) in [6, 6.07) is 19.4. The van der Waals surface area contributed by atoms with Crippen LogP contribution in [0.5, 0.6) is 5.75 Å². The molecule has 30 heavy (non-hydrogen) atoms. The van der Waals surface area contributed by atoms with Crippen LogP contribution in [-0.4, -0.2) is 27.6 Å². The Kier molecular flexibility index (Phi) is 5.75. The van der Waals surface area contributed by atoms with E-state index in [-0.39, 0.29) is 11.9 Å². The topological polar surface area (TPSA) is 69.0 Å². The zero-order chi connectivity index (χ0) is 20.9. The van der Waals surface area contributed by atoms with Crippen molar-refractivity contribution >= 4 is 16.9 Å². The second kappa shape index (κ2) is 8.78. The SMILES string of the molecule is COc1ccccc1[C@H](C)NC(=O)CCn1c(-c2ccccn2)cc2cccnc21. The van der Waals surface area contributed by atoms with Crippen LogP contribution in [0.15, 0.2) is 73.1 Å². The lowest BCUT2D eigenvalue weighted by molar-refractivity contribution is -0.121. The lowest BCUT2D eigenvalue weighted by Gasteiger charge is -2.17. The third kappa shape index (κ3) is 4.03. The Morgan fingerprint density at radius 3 is 2.67 bits per heavy atom. The van der Waals surface area contributed by atoms with Gasteiger partial charge in [0.25, 0.3) is 0 Å². The number of pyridine rings is 2. The number of nitrogens with one attached hydrogen (secondary N) is 1. The Bertz CT molecular complexity index is 1150. The summed E-state index contributed by atoms with van der Waals surface area (Å²) in [6.07, 6.45) is 3.87. The first-order chi connectivity index (χ1) is 14.7. The number of rotatable bonds is 7. The quantitative estimate of drug-likeness (QED) is 0.500. The molecule has 0 saturated carbocycles. The smallest absolute Gasteiger partial charge is 0.222 e. The standard InChI is InChI=1S/C24H24N4O2/c1-17(19-9-3-4-11-22(19)30-2)27-23(29)12-15-28-21(20-10-5-6-13-25-20)16-18-8-7-14-26-24(18)28/h3-11,13-14,16-17H,12,15H2,1-2H3,(H,27,29)/t17-/m0/s1. The fourth-order valence-electron chi connectivity index (χ4n) is 3.67. The predicted molar refractivity (Wildman–Crippen MR) is 117 cm³/mol. The Morgan fingerprint density at radius 2 is 1.87 bits per heavy atom. The van der Waals surface area contributed by atoms with Crippen molar-refractivity contribution in [1.29, 1.82) is 0 Å². The molecular weight excluding hydrogens is 376 g/mol. The van der Waals surface area contributed by atoms with E-state index in [0.717, 1.165) is 33.7 Å². The van der Waals surface area contributed by atoms with Crippen LogP contribution < -0.4 is 10.1 Å². The number of aromatic nitrogens is 3. The van der Waals surface area contributed by atoms with E-state index in [4.69, 9.17) is 4.74 Å². The molecule has 0 aliphatic rings. The zero-order valence-electron chi connectivity index (χ0n) is 17.1. The van der Waals surface area contributed by atoms with Crippen LogP contribution in [0.4, 0.5) is 0 Å². The third-order valence-electron chi connectivity index (χ3n) is 5.13. The Balaban J connectivity index is 1.53. The van der Waals surface area contributed by atoms with Crippen LogP contribution >= 0.6 is 0 Å². The van der Waals surface area contributed by atoms with Gasteiger partial charge in [-0.3, -0.25) is 9.78 Å². The van der Waals surface area contributed by atoms with Gasteiger partial charge in [-0.25, -0.2) is 4.98 Å². The zero-order valence-corrected chi connectivity index (χ0v) is 17.1. The summed E-state index contributed by atoms with van der Waals surface area (Å²) in [5, 5.41) is 4.10. The van der Waals surface area contributed by atoms with Gasteiger partial charge in [0.1, 0.15) is 11.4 Å². The molecule has 0 spiro atoms. The average molecular weight is 400 g/mol. The summed E-state index contributed by atoms with van der Waals surface area (Å²) < 4.78 is 7.47. The first kappa shape index (κ1) is 19.6. The molecule has 0 aliphatic carbocycles. The summed E-state index contributed by atoms with van der Waals surface area (Å²) in [5.74, 6) is 0.737. The molecule has 0 fully saturated rings. The highest BCUT2D eigenvalue weighted by atomic mass is 16.5. The molecule has 6 heteroatoms. The summed E-state index contributed by atoms with van der Waals surface area (Å²) in [7, 11) is 1.64. The van der Waals surface area contributed by atoms with Gasteiger partial charge in [-0.1, -0.05) is 24.3 Å². The molecule has 0 bridgehead atoms. The van der Waals surface area contributed by atoms with Crippen molar-refractivity contribution < 1.29 is 9.53 Å². The molecule has 1 atom stereocenters. The number of carbonyl (C=O) groups is 1. The van der Waals surface area contributed by atoms with Crippen LogP contribution in [0.1, 0.15) is 24.9 Å². The van der Waals surface area contributed by atoms with Gasteiger partial charge in [-0.2, -0.15) is 0 Å². The van der Waals surface area contributed by atoms with Crippen LogP contribution in [0.2, 0.25) is 0 Å². The second-order valence-electron chi connectivity index (χ2n) is 7.09. The fourth-order valence-corrected chi connectivity index (χ4v) is 3.67. The highest BCUT2D eigenvalue weighted by molar-refractivity contribution is 5.84. The van der Waals surface area contributed by atoms with Crippen LogP contribution in [-0.2, 0) is 11.3 Å². The fraction of sp³-hybridized carbons (Fsp3) is 0.208. The molecule has 3 aromatic heterocycles. The lowest BCUT2D eigenvalue weighted by Crippen LogP contribution is -2.27. The Morgan fingerprint density at radius 1 is 1.07 bits per heavy atom. The summed E-state index contributed by atoms with van der Waals surface area (Å²) >= 11 is 0.